The molecule has 1 aromatic heterocycles. The quantitative estimate of drug-likeness (QED) is 0.677. The first-order chi connectivity index (χ1) is 9.47. The number of hydrazine groups is 1. The molecular formula is C16H24N4. The molecule has 1 aliphatic rings. The number of nitrogens with two attached hydrogens (primary N) is 1. The van der Waals surface area contributed by atoms with Crippen LogP contribution >= 0.6 is 0 Å². The summed E-state index contributed by atoms with van der Waals surface area (Å²) in [6.45, 7) is 10.7. The first-order valence-electron chi connectivity index (χ1n) is 7.09. The van der Waals surface area contributed by atoms with Crippen molar-refractivity contribution in [3.05, 3.63) is 40.2 Å². The minimum atomic E-state index is 0.650. The Bertz CT molecular complexity index is 558. The van der Waals surface area contributed by atoms with Gasteiger partial charge < -0.3 is 0 Å². The van der Waals surface area contributed by atoms with Crippen LogP contribution in [0.3, 0.4) is 0 Å². The van der Waals surface area contributed by atoms with Crippen LogP contribution in [0.1, 0.15) is 37.1 Å². The number of aromatic nitrogens is 1. The summed E-state index contributed by atoms with van der Waals surface area (Å²) in [4.78, 5) is 9.07. The average molecular weight is 272 g/mol. The van der Waals surface area contributed by atoms with Crippen LogP contribution in [-0.4, -0.2) is 28.8 Å². The van der Waals surface area contributed by atoms with Crippen LogP contribution in [0.4, 0.5) is 0 Å². The minimum absolute atomic E-state index is 0.650. The molecule has 0 fully saturated rings. The summed E-state index contributed by atoms with van der Waals surface area (Å²) in [6.07, 6.45) is 2.96. The highest BCUT2D eigenvalue weighted by Crippen LogP contribution is 2.16. The average Bonchev–Trinajstić information content (AvgIpc) is 2.38. The fourth-order valence-corrected chi connectivity index (χ4v) is 2.43. The molecule has 1 aromatic rings. The SMILES string of the molecule is CC1=C(C)C(CN(N)Cc2ncc(C)cc2C)=NCC1. The fraction of sp³-hybridized carbons (Fsp3) is 0.500. The number of nitrogens with zero attached hydrogens (tertiary/aromatic N) is 3. The summed E-state index contributed by atoms with van der Waals surface area (Å²) in [5.41, 5.74) is 7.23. The first kappa shape index (κ1) is 14.9. The molecule has 0 saturated carbocycles. The lowest BCUT2D eigenvalue weighted by molar-refractivity contribution is 0.310. The summed E-state index contributed by atoms with van der Waals surface area (Å²) in [5.74, 6) is 6.14. The highest BCUT2D eigenvalue weighted by molar-refractivity contribution is 6.02. The topological polar surface area (TPSA) is 54.5 Å². The van der Waals surface area contributed by atoms with Gasteiger partial charge >= 0.3 is 0 Å². The lowest BCUT2D eigenvalue weighted by atomic mass is 10.0. The predicted molar refractivity (Wildman–Crippen MR) is 83.6 cm³/mol. The van der Waals surface area contributed by atoms with Crippen LogP contribution in [0.2, 0.25) is 0 Å². The Morgan fingerprint density at radius 2 is 1.95 bits per heavy atom. The fourth-order valence-electron chi connectivity index (χ4n) is 2.43. The van der Waals surface area contributed by atoms with Gasteiger partial charge in [-0.3, -0.25) is 15.8 Å². The number of hydrogen-bond acceptors (Lipinski definition) is 4. The van der Waals surface area contributed by atoms with E-state index in [9.17, 15) is 0 Å². The van der Waals surface area contributed by atoms with Crippen LogP contribution in [0.5, 0.6) is 0 Å². The number of pyridine rings is 1. The second-order valence-corrected chi connectivity index (χ2v) is 5.66. The molecule has 0 saturated heterocycles. The molecule has 2 heterocycles. The zero-order valence-corrected chi connectivity index (χ0v) is 12.9. The standard InChI is InChI=1S/C16H24N4/c1-11-7-13(3)15(19-8-11)9-20(17)10-16-14(4)12(2)5-6-18-16/h7-8H,5-6,9-10,17H2,1-4H3. The third kappa shape index (κ3) is 3.52. The van der Waals surface area contributed by atoms with E-state index in [4.69, 9.17) is 5.84 Å². The Kier molecular flexibility index (Phi) is 4.68. The van der Waals surface area contributed by atoms with E-state index in [1.807, 2.05) is 6.20 Å². The van der Waals surface area contributed by atoms with Gasteiger partial charge in [-0.1, -0.05) is 11.6 Å². The van der Waals surface area contributed by atoms with Crippen molar-refractivity contribution in [2.45, 2.75) is 40.7 Å². The normalized spacial score (nSPS) is 15.8. The zero-order chi connectivity index (χ0) is 14.7. The van der Waals surface area contributed by atoms with E-state index in [2.05, 4.69) is 43.7 Å². The Morgan fingerprint density at radius 1 is 1.20 bits per heavy atom. The Morgan fingerprint density at radius 3 is 2.65 bits per heavy atom. The molecule has 4 heteroatoms. The maximum Gasteiger partial charge on any atom is 0.0587 e. The molecule has 0 aliphatic carbocycles. The molecule has 0 radical (unpaired) electrons. The summed E-state index contributed by atoms with van der Waals surface area (Å²) in [7, 11) is 0. The molecule has 2 N–H and O–H groups in total. The van der Waals surface area contributed by atoms with Gasteiger partial charge in [0, 0.05) is 12.7 Å². The number of rotatable bonds is 4. The molecule has 0 spiro atoms. The van der Waals surface area contributed by atoms with Gasteiger partial charge in [0.2, 0.25) is 0 Å². The third-order valence-corrected chi connectivity index (χ3v) is 3.89. The van der Waals surface area contributed by atoms with E-state index in [0.717, 1.165) is 24.4 Å². The van der Waals surface area contributed by atoms with Crippen molar-refractivity contribution in [2.24, 2.45) is 10.8 Å². The van der Waals surface area contributed by atoms with Crippen LogP contribution in [0.25, 0.3) is 0 Å². The van der Waals surface area contributed by atoms with Gasteiger partial charge in [0.15, 0.2) is 0 Å². The van der Waals surface area contributed by atoms with E-state index in [0.29, 0.717) is 13.1 Å². The van der Waals surface area contributed by atoms with E-state index in [1.165, 1.54) is 22.3 Å². The molecule has 0 unspecified atom stereocenters. The smallest absolute Gasteiger partial charge is 0.0587 e. The van der Waals surface area contributed by atoms with Gasteiger partial charge in [-0.2, -0.15) is 0 Å². The summed E-state index contributed by atoms with van der Waals surface area (Å²) < 4.78 is 0. The minimum Gasteiger partial charge on any atom is -0.288 e. The molecule has 0 bridgehead atoms. The van der Waals surface area contributed by atoms with Crippen molar-refractivity contribution in [1.82, 2.24) is 9.99 Å². The summed E-state index contributed by atoms with van der Waals surface area (Å²) in [5, 5.41) is 1.80. The maximum absolute atomic E-state index is 6.14. The molecule has 0 amide bonds. The van der Waals surface area contributed by atoms with Crippen LogP contribution in [0, 0.1) is 13.8 Å². The number of aryl methyl sites for hydroxylation is 2. The second-order valence-electron chi connectivity index (χ2n) is 5.66. The lowest BCUT2D eigenvalue weighted by Crippen LogP contribution is -2.37. The molecule has 0 aromatic carbocycles. The van der Waals surface area contributed by atoms with Crippen molar-refractivity contribution < 1.29 is 0 Å². The second kappa shape index (κ2) is 6.29. The van der Waals surface area contributed by atoms with Gasteiger partial charge in [-0.15, -0.1) is 0 Å². The molecule has 20 heavy (non-hydrogen) atoms. The number of aliphatic imine (C=N–C) groups is 1. The van der Waals surface area contributed by atoms with E-state index < -0.39 is 0 Å². The van der Waals surface area contributed by atoms with Gasteiger partial charge in [-0.25, -0.2) is 5.01 Å². The Labute approximate surface area is 121 Å². The van der Waals surface area contributed by atoms with E-state index >= 15 is 0 Å². The van der Waals surface area contributed by atoms with Crippen molar-refractivity contribution in [2.75, 3.05) is 13.1 Å². The van der Waals surface area contributed by atoms with E-state index in [-0.39, 0.29) is 0 Å². The predicted octanol–water partition coefficient (Wildman–Crippen LogP) is 2.56. The van der Waals surface area contributed by atoms with Crippen LogP contribution < -0.4 is 5.84 Å². The molecule has 1 aliphatic heterocycles. The monoisotopic (exact) mass is 272 g/mol. The molecule has 4 nitrogen and oxygen atoms in total. The van der Waals surface area contributed by atoms with Crippen molar-refractivity contribution in [3.63, 3.8) is 0 Å². The van der Waals surface area contributed by atoms with Gasteiger partial charge in [0.1, 0.15) is 0 Å². The van der Waals surface area contributed by atoms with Crippen molar-refractivity contribution in [3.8, 4) is 0 Å². The largest absolute Gasteiger partial charge is 0.288 e. The van der Waals surface area contributed by atoms with Crippen LogP contribution in [-0.2, 0) is 6.54 Å². The van der Waals surface area contributed by atoms with Crippen molar-refractivity contribution in [1.29, 1.82) is 0 Å². The molecule has 108 valence electrons. The molecule has 2 rings (SSSR count). The summed E-state index contributed by atoms with van der Waals surface area (Å²) >= 11 is 0. The van der Waals surface area contributed by atoms with Gasteiger partial charge in [0.25, 0.3) is 0 Å². The highest BCUT2D eigenvalue weighted by atomic mass is 15.4. The van der Waals surface area contributed by atoms with Crippen molar-refractivity contribution >= 4 is 5.71 Å². The van der Waals surface area contributed by atoms with Gasteiger partial charge in [-0.05, 0) is 50.8 Å². The van der Waals surface area contributed by atoms with E-state index in [1.54, 1.807) is 5.01 Å². The number of dihydropyridines is 1. The zero-order valence-electron chi connectivity index (χ0n) is 12.9. The third-order valence-electron chi connectivity index (χ3n) is 3.89. The lowest BCUT2D eigenvalue weighted by Gasteiger charge is -2.22. The van der Waals surface area contributed by atoms with Gasteiger partial charge in [0.05, 0.1) is 24.5 Å². The maximum atomic E-state index is 6.14. The molecular weight excluding hydrogens is 248 g/mol. The first-order valence-corrected chi connectivity index (χ1v) is 7.09. The Balaban J connectivity index is 2.03. The number of hydrogen-bond donors (Lipinski definition) is 1. The molecule has 0 atom stereocenters. The van der Waals surface area contributed by atoms with Crippen LogP contribution in [0.15, 0.2) is 28.4 Å². The summed E-state index contributed by atoms with van der Waals surface area (Å²) in [6, 6.07) is 2.14. The highest BCUT2D eigenvalue weighted by Gasteiger charge is 2.14. The Hall–Kier alpha value is -1.52.